The highest BCUT2D eigenvalue weighted by molar-refractivity contribution is 4.82. The van der Waals surface area contributed by atoms with Crippen molar-refractivity contribution in [2.75, 3.05) is 39.9 Å². The maximum Gasteiger partial charge on any atom is 0.0589 e. The van der Waals surface area contributed by atoms with Crippen molar-refractivity contribution in [3.05, 3.63) is 0 Å². The monoisotopic (exact) mass is 228 g/mol. The third-order valence-corrected chi connectivity index (χ3v) is 3.42. The second-order valence-electron chi connectivity index (χ2n) is 5.44. The first-order chi connectivity index (χ1) is 7.63. The maximum atomic E-state index is 5.19. The van der Waals surface area contributed by atoms with Crippen molar-refractivity contribution in [2.24, 2.45) is 11.8 Å². The van der Waals surface area contributed by atoms with E-state index in [9.17, 15) is 0 Å². The van der Waals surface area contributed by atoms with Crippen LogP contribution in [0.3, 0.4) is 0 Å². The second kappa shape index (κ2) is 7.25. The van der Waals surface area contributed by atoms with E-state index in [-0.39, 0.29) is 0 Å². The molecule has 3 nitrogen and oxygen atoms in total. The van der Waals surface area contributed by atoms with Gasteiger partial charge in [-0.15, -0.1) is 0 Å². The van der Waals surface area contributed by atoms with Gasteiger partial charge >= 0.3 is 0 Å². The molecule has 0 saturated carbocycles. The molecule has 0 aromatic heterocycles. The Morgan fingerprint density at radius 3 is 2.69 bits per heavy atom. The molecular weight excluding hydrogens is 200 g/mol. The van der Waals surface area contributed by atoms with E-state index in [0.717, 1.165) is 25.0 Å². The van der Waals surface area contributed by atoms with Crippen LogP contribution in [0.25, 0.3) is 0 Å². The Kier molecular flexibility index (Phi) is 6.32. The van der Waals surface area contributed by atoms with Gasteiger partial charge in [0.15, 0.2) is 0 Å². The predicted molar refractivity (Wildman–Crippen MR) is 68.7 cm³/mol. The largest absolute Gasteiger partial charge is 0.383 e. The molecule has 2 atom stereocenters. The zero-order valence-corrected chi connectivity index (χ0v) is 11.3. The Bertz CT molecular complexity index is 185. The first-order valence-corrected chi connectivity index (χ1v) is 6.58. The van der Waals surface area contributed by atoms with Gasteiger partial charge in [0.2, 0.25) is 0 Å². The van der Waals surface area contributed by atoms with Crippen LogP contribution in [0, 0.1) is 11.8 Å². The Labute approximate surface area is 101 Å². The molecule has 0 bridgehead atoms. The highest BCUT2D eigenvalue weighted by Crippen LogP contribution is 2.17. The van der Waals surface area contributed by atoms with Crippen LogP contribution in [0.2, 0.25) is 0 Å². The minimum absolute atomic E-state index is 0.678. The molecule has 0 aromatic carbocycles. The van der Waals surface area contributed by atoms with Crippen LogP contribution in [-0.4, -0.2) is 50.8 Å². The standard InChI is InChI=1S/C13H28N2O/c1-11(2)9-15(7-8-16-4)10-13-5-6-14-12(13)3/h11-14H,5-10H2,1-4H3. The summed E-state index contributed by atoms with van der Waals surface area (Å²) < 4.78 is 5.19. The molecule has 0 spiro atoms. The lowest BCUT2D eigenvalue weighted by atomic mass is 10.0. The first-order valence-electron chi connectivity index (χ1n) is 6.58. The number of methoxy groups -OCH3 is 1. The highest BCUT2D eigenvalue weighted by Gasteiger charge is 2.24. The molecule has 96 valence electrons. The van der Waals surface area contributed by atoms with Crippen molar-refractivity contribution in [1.82, 2.24) is 10.2 Å². The van der Waals surface area contributed by atoms with E-state index < -0.39 is 0 Å². The van der Waals surface area contributed by atoms with Crippen molar-refractivity contribution in [3.8, 4) is 0 Å². The highest BCUT2D eigenvalue weighted by atomic mass is 16.5. The number of rotatable bonds is 7. The SMILES string of the molecule is COCCN(CC(C)C)CC1CCNC1C. The predicted octanol–water partition coefficient (Wildman–Crippen LogP) is 1.59. The van der Waals surface area contributed by atoms with Crippen LogP contribution in [0.4, 0.5) is 0 Å². The summed E-state index contributed by atoms with van der Waals surface area (Å²) in [6, 6.07) is 0.678. The van der Waals surface area contributed by atoms with Gasteiger partial charge in [-0.2, -0.15) is 0 Å². The molecule has 1 heterocycles. The number of ether oxygens (including phenoxy) is 1. The molecular formula is C13H28N2O. The van der Waals surface area contributed by atoms with Crippen molar-refractivity contribution >= 4 is 0 Å². The Balaban J connectivity index is 2.35. The molecule has 0 amide bonds. The van der Waals surface area contributed by atoms with Gasteiger partial charge in [0.25, 0.3) is 0 Å². The molecule has 0 radical (unpaired) electrons. The van der Waals surface area contributed by atoms with Gasteiger partial charge in [-0.05, 0) is 31.7 Å². The van der Waals surface area contributed by atoms with E-state index >= 15 is 0 Å². The number of hydrogen-bond acceptors (Lipinski definition) is 3. The molecule has 1 aliphatic rings. The van der Waals surface area contributed by atoms with Gasteiger partial charge < -0.3 is 15.0 Å². The van der Waals surface area contributed by atoms with Crippen LogP contribution in [-0.2, 0) is 4.74 Å². The van der Waals surface area contributed by atoms with Crippen molar-refractivity contribution in [2.45, 2.75) is 33.2 Å². The molecule has 0 aliphatic carbocycles. The molecule has 1 saturated heterocycles. The summed E-state index contributed by atoms with van der Waals surface area (Å²) in [7, 11) is 1.79. The van der Waals surface area contributed by atoms with E-state index in [4.69, 9.17) is 4.74 Å². The van der Waals surface area contributed by atoms with Crippen molar-refractivity contribution < 1.29 is 4.74 Å². The Hall–Kier alpha value is -0.120. The van der Waals surface area contributed by atoms with Crippen LogP contribution in [0.15, 0.2) is 0 Å². The van der Waals surface area contributed by atoms with Gasteiger partial charge in [-0.25, -0.2) is 0 Å². The van der Waals surface area contributed by atoms with E-state index in [2.05, 4.69) is 31.0 Å². The fraction of sp³-hybridized carbons (Fsp3) is 1.00. The zero-order chi connectivity index (χ0) is 12.0. The lowest BCUT2D eigenvalue weighted by Gasteiger charge is -2.28. The smallest absolute Gasteiger partial charge is 0.0589 e. The van der Waals surface area contributed by atoms with Gasteiger partial charge in [-0.1, -0.05) is 13.8 Å². The third-order valence-electron chi connectivity index (χ3n) is 3.42. The summed E-state index contributed by atoms with van der Waals surface area (Å²) in [4.78, 5) is 2.56. The summed E-state index contributed by atoms with van der Waals surface area (Å²) in [5.74, 6) is 1.55. The minimum Gasteiger partial charge on any atom is -0.383 e. The van der Waals surface area contributed by atoms with Crippen LogP contribution >= 0.6 is 0 Å². The van der Waals surface area contributed by atoms with E-state index in [0.29, 0.717) is 6.04 Å². The maximum absolute atomic E-state index is 5.19. The molecule has 2 unspecified atom stereocenters. The molecule has 1 fully saturated rings. The van der Waals surface area contributed by atoms with E-state index in [1.165, 1.54) is 26.1 Å². The summed E-state index contributed by atoms with van der Waals surface area (Å²) in [6.07, 6.45) is 1.32. The van der Waals surface area contributed by atoms with Crippen LogP contribution in [0.5, 0.6) is 0 Å². The molecule has 1 N–H and O–H groups in total. The summed E-state index contributed by atoms with van der Waals surface area (Å²) in [5, 5.41) is 3.53. The second-order valence-corrected chi connectivity index (χ2v) is 5.44. The fourth-order valence-corrected chi connectivity index (χ4v) is 2.49. The third kappa shape index (κ3) is 4.81. The zero-order valence-electron chi connectivity index (χ0n) is 11.3. The molecule has 1 rings (SSSR count). The van der Waals surface area contributed by atoms with E-state index in [1.807, 2.05) is 0 Å². The topological polar surface area (TPSA) is 24.5 Å². The summed E-state index contributed by atoms with van der Waals surface area (Å²) >= 11 is 0. The normalized spacial score (nSPS) is 25.9. The minimum atomic E-state index is 0.678. The van der Waals surface area contributed by atoms with Gasteiger partial charge in [0, 0.05) is 32.8 Å². The molecule has 3 heteroatoms. The average molecular weight is 228 g/mol. The molecule has 1 aliphatic heterocycles. The summed E-state index contributed by atoms with van der Waals surface area (Å²) in [5.41, 5.74) is 0. The first kappa shape index (κ1) is 13.9. The quantitative estimate of drug-likeness (QED) is 0.716. The van der Waals surface area contributed by atoms with Gasteiger partial charge in [-0.3, -0.25) is 0 Å². The molecule has 16 heavy (non-hydrogen) atoms. The Morgan fingerprint density at radius 2 is 2.19 bits per heavy atom. The Morgan fingerprint density at radius 1 is 1.44 bits per heavy atom. The number of nitrogens with one attached hydrogen (secondary N) is 1. The average Bonchev–Trinajstić information content (AvgIpc) is 2.60. The fourth-order valence-electron chi connectivity index (χ4n) is 2.49. The summed E-state index contributed by atoms with van der Waals surface area (Å²) in [6.45, 7) is 12.4. The van der Waals surface area contributed by atoms with Gasteiger partial charge in [0.05, 0.1) is 6.61 Å². The van der Waals surface area contributed by atoms with E-state index in [1.54, 1.807) is 7.11 Å². The molecule has 0 aromatic rings. The van der Waals surface area contributed by atoms with Crippen molar-refractivity contribution in [1.29, 1.82) is 0 Å². The van der Waals surface area contributed by atoms with Crippen molar-refractivity contribution in [3.63, 3.8) is 0 Å². The lowest BCUT2D eigenvalue weighted by Crippen LogP contribution is -2.38. The van der Waals surface area contributed by atoms with Crippen LogP contribution in [0.1, 0.15) is 27.2 Å². The lowest BCUT2D eigenvalue weighted by molar-refractivity contribution is 0.126. The van der Waals surface area contributed by atoms with Crippen LogP contribution < -0.4 is 5.32 Å². The van der Waals surface area contributed by atoms with Gasteiger partial charge in [0.1, 0.15) is 0 Å². The number of nitrogens with zero attached hydrogens (tertiary/aromatic N) is 1. The number of hydrogen-bond donors (Lipinski definition) is 1.